The third-order valence-electron chi connectivity index (χ3n) is 1.95. The second kappa shape index (κ2) is 3.52. The van der Waals surface area contributed by atoms with Crippen LogP contribution in [0, 0.1) is 0 Å². The zero-order valence-corrected chi connectivity index (χ0v) is 8.34. The van der Waals surface area contributed by atoms with Crippen LogP contribution in [0.3, 0.4) is 0 Å². The molecule has 0 aliphatic carbocycles. The van der Waals surface area contributed by atoms with Gasteiger partial charge in [-0.05, 0) is 27.2 Å². The van der Waals surface area contributed by atoms with Crippen LogP contribution in [0.15, 0.2) is 0 Å². The van der Waals surface area contributed by atoms with Gasteiger partial charge in [0.1, 0.15) is 12.3 Å². The number of alkyl halides is 1. The van der Waals surface area contributed by atoms with Gasteiger partial charge in [0.2, 0.25) is 0 Å². The first-order valence-electron chi connectivity index (χ1n) is 4.49. The number of rotatable bonds is 1. The number of likely N-dealkylation sites (tertiary alicyclic amines) is 1. The van der Waals surface area contributed by atoms with E-state index >= 15 is 0 Å². The minimum absolute atomic E-state index is 0.255. The van der Waals surface area contributed by atoms with Gasteiger partial charge in [0.25, 0.3) is 0 Å². The average Bonchev–Trinajstić information content (AvgIpc) is 1.80. The number of ether oxygens (including phenoxy) is 1. The summed E-state index contributed by atoms with van der Waals surface area (Å²) >= 11 is 0. The molecule has 3 nitrogen and oxygen atoms in total. The molecule has 1 aliphatic rings. The highest BCUT2D eigenvalue weighted by atomic mass is 19.1. The lowest BCUT2D eigenvalue weighted by molar-refractivity contribution is -0.00958. The molecule has 0 aromatic carbocycles. The molecule has 0 aromatic rings. The maximum Gasteiger partial charge on any atom is 0.410 e. The molecule has 1 atom stereocenters. The van der Waals surface area contributed by atoms with Crippen LogP contribution in [-0.2, 0) is 4.74 Å². The number of carbonyl (C=O) groups excluding carboxylic acids is 1. The Balaban J connectivity index is 2.40. The van der Waals surface area contributed by atoms with E-state index in [-0.39, 0.29) is 6.04 Å². The van der Waals surface area contributed by atoms with Crippen molar-refractivity contribution in [2.24, 2.45) is 0 Å². The van der Waals surface area contributed by atoms with Crippen molar-refractivity contribution < 1.29 is 13.9 Å². The number of halogens is 1. The van der Waals surface area contributed by atoms with Crippen molar-refractivity contribution in [1.82, 2.24) is 4.90 Å². The van der Waals surface area contributed by atoms with Gasteiger partial charge < -0.3 is 9.64 Å². The third kappa shape index (κ3) is 2.57. The van der Waals surface area contributed by atoms with Crippen LogP contribution in [0.1, 0.15) is 27.2 Å². The molecule has 4 heteroatoms. The Bertz CT molecular complexity index is 198. The fraction of sp³-hybridized carbons (Fsp3) is 0.889. The zero-order chi connectivity index (χ0) is 10.1. The summed E-state index contributed by atoms with van der Waals surface area (Å²) in [4.78, 5) is 12.8. The maximum atomic E-state index is 12.2. The molecule has 1 rings (SSSR count). The number of amides is 1. The van der Waals surface area contributed by atoms with Crippen LogP contribution in [0.5, 0.6) is 0 Å². The standard InChI is InChI=1S/C9H16FNO2/c1-9(2,3)13-8(12)11-5-4-7(11)6-10/h7H,4-6H2,1-3H3. The molecule has 0 N–H and O–H groups in total. The second-order valence-electron chi connectivity index (χ2n) is 4.27. The minimum atomic E-state index is -0.493. The molecule has 0 radical (unpaired) electrons. The fourth-order valence-electron chi connectivity index (χ4n) is 1.16. The predicted molar refractivity (Wildman–Crippen MR) is 47.3 cm³/mol. The first-order chi connectivity index (χ1) is 5.94. The summed E-state index contributed by atoms with van der Waals surface area (Å²) in [7, 11) is 0. The second-order valence-corrected chi connectivity index (χ2v) is 4.27. The summed E-state index contributed by atoms with van der Waals surface area (Å²) in [5.74, 6) is 0. The Kier molecular flexibility index (Phi) is 2.78. The summed E-state index contributed by atoms with van der Waals surface area (Å²) in [6.45, 7) is 5.54. The summed E-state index contributed by atoms with van der Waals surface area (Å²) in [5.41, 5.74) is -0.493. The van der Waals surface area contributed by atoms with Gasteiger partial charge in [-0.15, -0.1) is 0 Å². The van der Waals surface area contributed by atoms with E-state index in [4.69, 9.17) is 4.74 Å². The largest absolute Gasteiger partial charge is 0.444 e. The molecule has 0 aromatic heterocycles. The van der Waals surface area contributed by atoms with E-state index in [1.807, 2.05) is 0 Å². The molecule has 1 unspecified atom stereocenters. The maximum absolute atomic E-state index is 12.2. The number of hydrogen-bond donors (Lipinski definition) is 0. The fourth-order valence-corrected chi connectivity index (χ4v) is 1.16. The van der Waals surface area contributed by atoms with Crippen LogP contribution >= 0.6 is 0 Å². The smallest absolute Gasteiger partial charge is 0.410 e. The Hall–Kier alpha value is -0.800. The van der Waals surface area contributed by atoms with E-state index in [1.54, 1.807) is 20.8 Å². The quantitative estimate of drug-likeness (QED) is 0.631. The van der Waals surface area contributed by atoms with Crippen LogP contribution in [-0.4, -0.2) is 35.9 Å². The molecule has 0 spiro atoms. The monoisotopic (exact) mass is 189 g/mol. The molecule has 1 amide bonds. The van der Waals surface area contributed by atoms with Crippen molar-refractivity contribution in [1.29, 1.82) is 0 Å². The number of hydrogen-bond acceptors (Lipinski definition) is 2. The van der Waals surface area contributed by atoms with E-state index in [2.05, 4.69) is 0 Å². The molecule has 1 aliphatic heterocycles. The summed E-state index contributed by atoms with van der Waals surface area (Å²) < 4.78 is 17.3. The Morgan fingerprint density at radius 2 is 2.23 bits per heavy atom. The van der Waals surface area contributed by atoms with Crippen molar-refractivity contribution in [3.8, 4) is 0 Å². The van der Waals surface area contributed by atoms with Gasteiger partial charge in [0, 0.05) is 6.54 Å². The van der Waals surface area contributed by atoms with E-state index in [0.29, 0.717) is 6.54 Å². The van der Waals surface area contributed by atoms with Crippen LogP contribution in [0.25, 0.3) is 0 Å². The Morgan fingerprint density at radius 3 is 2.54 bits per heavy atom. The van der Waals surface area contributed by atoms with E-state index in [9.17, 15) is 9.18 Å². The van der Waals surface area contributed by atoms with Gasteiger partial charge in [-0.1, -0.05) is 0 Å². The van der Waals surface area contributed by atoms with Gasteiger partial charge in [-0.2, -0.15) is 0 Å². The Morgan fingerprint density at radius 1 is 1.62 bits per heavy atom. The SMILES string of the molecule is CC(C)(C)OC(=O)N1CCC1CF. The molecule has 1 heterocycles. The summed E-state index contributed by atoms with van der Waals surface area (Å²) in [6.07, 6.45) is 0.344. The molecular weight excluding hydrogens is 173 g/mol. The zero-order valence-electron chi connectivity index (χ0n) is 8.34. The lowest BCUT2D eigenvalue weighted by atomic mass is 10.1. The molecule has 1 fully saturated rings. The Labute approximate surface area is 77.9 Å². The van der Waals surface area contributed by atoms with Crippen LogP contribution in [0.2, 0.25) is 0 Å². The van der Waals surface area contributed by atoms with Gasteiger partial charge in [-0.25, -0.2) is 9.18 Å². The number of carbonyl (C=O) groups is 1. The highest BCUT2D eigenvalue weighted by molar-refractivity contribution is 5.69. The third-order valence-corrected chi connectivity index (χ3v) is 1.95. The predicted octanol–water partition coefficient (Wildman–Crippen LogP) is 1.97. The van der Waals surface area contributed by atoms with Crippen molar-refractivity contribution in [3.05, 3.63) is 0 Å². The molecule has 1 saturated heterocycles. The van der Waals surface area contributed by atoms with Gasteiger partial charge in [0.15, 0.2) is 0 Å². The molecule has 76 valence electrons. The van der Waals surface area contributed by atoms with Crippen molar-refractivity contribution in [2.75, 3.05) is 13.2 Å². The van der Waals surface area contributed by atoms with Crippen molar-refractivity contribution in [3.63, 3.8) is 0 Å². The van der Waals surface area contributed by atoms with Gasteiger partial charge in [-0.3, -0.25) is 0 Å². The molecule has 0 saturated carbocycles. The highest BCUT2D eigenvalue weighted by Gasteiger charge is 2.34. The van der Waals surface area contributed by atoms with E-state index in [0.717, 1.165) is 6.42 Å². The first kappa shape index (κ1) is 10.3. The number of nitrogens with zero attached hydrogens (tertiary/aromatic N) is 1. The van der Waals surface area contributed by atoms with Crippen molar-refractivity contribution >= 4 is 6.09 Å². The summed E-state index contributed by atoms with van der Waals surface area (Å²) in [6, 6.07) is -0.255. The molecule has 0 bridgehead atoms. The minimum Gasteiger partial charge on any atom is -0.444 e. The van der Waals surface area contributed by atoms with Crippen molar-refractivity contribution in [2.45, 2.75) is 38.8 Å². The topological polar surface area (TPSA) is 29.5 Å². The van der Waals surface area contributed by atoms with Crippen LogP contribution in [0.4, 0.5) is 9.18 Å². The molecular formula is C9H16FNO2. The lowest BCUT2D eigenvalue weighted by Gasteiger charge is -2.39. The van der Waals surface area contributed by atoms with Crippen LogP contribution < -0.4 is 0 Å². The van der Waals surface area contributed by atoms with E-state index < -0.39 is 18.4 Å². The van der Waals surface area contributed by atoms with Gasteiger partial charge >= 0.3 is 6.09 Å². The summed E-state index contributed by atoms with van der Waals surface area (Å²) in [5, 5.41) is 0. The van der Waals surface area contributed by atoms with E-state index in [1.165, 1.54) is 4.90 Å². The average molecular weight is 189 g/mol. The molecule has 13 heavy (non-hydrogen) atoms. The normalized spacial score (nSPS) is 22.5. The first-order valence-corrected chi connectivity index (χ1v) is 4.49. The van der Waals surface area contributed by atoms with Gasteiger partial charge in [0.05, 0.1) is 6.04 Å². The lowest BCUT2D eigenvalue weighted by Crippen LogP contribution is -2.53. The highest BCUT2D eigenvalue weighted by Crippen LogP contribution is 2.21.